The molecule has 4 aliphatic heterocycles. The highest BCUT2D eigenvalue weighted by molar-refractivity contribution is 6.90. The predicted molar refractivity (Wildman–Crippen MR) is 207 cm³/mol. The van der Waals surface area contributed by atoms with Crippen molar-refractivity contribution in [3.63, 3.8) is 0 Å². The average Bonchev–Trinajstić information content (AvgIpc) is 3.60. The molecule has 11 heteroatoms. The summed E-state index contributed by atoms with van der Waals surface area (Å²) in [6.07, 6.45) is 4.10. The third-order valence-electron chi connectivity index (χ3n) is 12.7. The lowest BCUT2D eigenvalue weighted by Gasteiger charge is -2.38. The molecule has 0 aliphatic carbocycles. The fraction of sp³-hybridized carbons (Fsp3) is 0.548. The van der Waals surface area contributed by atoms with Gasteiger partial charge in [0.2, 0.25) is 5.88 Å². The Morgan fingerprint density at radius 2 is 1.79 bits per heavy atom. The highest BCUT2D eigenvalue weighted by Crippen LogP contribution is 2.45. The maximum atomic E-state index is 17.5. The molecule has 0 radical (unpaired) electrons. The maximum absolute atomic E-state index is 17.5. The van der Waals surface area contributed by atoms with Gasteiger partial charge in [-0.15, -0.1) is 5.54 Å². The topological polar surface area (TPSA) is 63.6 Å². The predicted octanol–water partition coefficient (Wildman–Crippen LogP) is 9.40. The molecule has 3 atom stereocenters. The van der Waals surface area contributed by atoms with E-state index in [-0.39, 0.29) is 52.9 Å². The van der Waals surface area contributed by atoms with Crippen LogP contribution in [0, 0.1) is 23.1 Å². The SMILES string of the molecule is [2H]c1cc(-c2nc3c4c(nc(OC[C@@]56CCCN5C[C@H](F)C6)nc4c2F)N2CCCC[C@H]2CO3)c2c(C#C[Si](C(C)C)(C(C)C)C(C)C)c(F)ccc2c1. The van der Waals surface area contributed by atoms with Crippen molar-refractivity contribution in [1.29, 1.82) is 0 Å². The van der Waals surface area contributed by atoms with Gasteiger partial charge in [0.1, 0.15) is 55.7 Å². The van der Waals surface area contributed by atoms with Gasteiger partial charge in [-0.1, -0.05) is 71.7 Å². The summed E-state index contributed by atoms with van der Waals surface area (Å²) in [6, 6.07) is 6.29. The van der Waals surface area contributed by atoms with E-state index in [1.807, 2.05) is 0 Å². The Morgan fingerprint density at radius 1 is 1.00 bits per heavy atom. The quantitative estimate of drug-likeness (QED) is 0.138. The molecule has 2 aromatic carbocycles. The van der Waals surface area contributed by atoms with Crippen molar-refractivity contribution < 1.29 is 24.0 Å². The first kappa shape index (κ1) is 34.9. The van der Waals surface area contributed by atoms with Crippen molar-refractivity contribution in [3.8, 4) is 34.6 Å². The van der Waals surface area contributed by atoms with Crippen LogP contribution >= 0.6 is 0 Å². The van der Waals surface area contributed by atoms with Gasteiger partial charge in [0.15, 0.2) is 5.82 Å². The Labute approximate surface area is 313 Å². The lowest BCUT2D eigenvalue weighted by molar-refractivity contribution is 0.107. The van der Waals surface area contributed by atoms with E-state index in [2.05, 4.69) is 62.8 Å². The molecule has 0 bridgehead atoms. The van der Waals surface area contributed by atoms with Crippen molar-refractivity contribution in [1.82, 2.24) is 19.9 Å². The third-order valence-corrected chi connectivity index (χ3v) is 19.0. The minimum Gasteiger partial charge on any atom is -0.475 e. The van der Waals surface area contributed by atoms with E-state index < -0.39 is 31.4 Å². The molecule has 280 valence electrons. The molecule has 0 amide bonds. The largest absolute Gasteiger partial charge is 0.475 e. The van der Waals surface area contributed by atoms with Gasteiger partial charge in [-0.05, 0) is 66.7 Å². The molecular weight excluding hydrogens is 692 g/mol. The number of fused-ring (bicyclic) bond motifs is 4. The zero-order chi connectivity index (χ0) is 38.1. The number of benzene rings is 2. The van der Waals surface area contributed by atoms with Gasteiger partial charge in [0, 0.05) is 30.5 Å². The van der Waals surface area contributed by atoms with Crippen LogP contribution in [0.2, 0.25) is 16.6 Å². The smallest absolute Gasteiger partial charge is 0.319 e. The van der Waals surface area contributed by atoms with Crippen LogP contribution in [-0.2, 0) is 0 Å². The Hall–Kier alpha value is -3.88. The van der Waals surface area contributed by atoms with E-state index in [1.54, 1.807) is 12.1 Å². The summed E-state index contributed by atoms with van der Waals surface area (Å²) >= 11 is 0. The summed E-state index contributed by atoms with van der Waals surface area (Å²) in [4.78, 5) is 18.7. The Bertz CT molecular complexity index is 2170. The van der Waals surface area contributed by atoms with Gasteiger partial charge in [0.25, 0.3) is 0 Å². The summed E-state index contributed by atoms with van der Waals surface area (Å²) in [5.74, 6) is 2.75. The molecule has 6 heterocycles. The van der Waals surface area contributed by atoms with Crippen molar-refractivity contribution in [2.75, 3.05) is 37.7 Å². The van der Waals surface area contributed by atoms with Crippen LogP contribution in [-0.4, -0.2) is 78.5 Å². The van der Waals surface area contributed by atoms with E-state index in [1.165, 1.54) is 12.1 Å². The monoisotopic (exact) mass is 742 g/mol. The van der Waals surface area contributed by atoms with Crippen molar-refractivity contribution in [2.24, 2.45) is 0 Å². The number of halogens is 3. The van der Waals surface area contributed by atoms with E-state index in [9.17, 15) is 4.39 Å². The van der Waals surface area contributed by atoms with E-state index in [0.717, 1.165) is 38.6 Å². The number of pyridine rings is 1. The second-order valence-corrected chi connectivity index (χ2v) is 22.1. The fourth-order valence-corrected chi connectivity index (χ4v) is 15.3. The molecule has 4 aliphatic rings. The van der Waals surface area contributed by atoms with Crippen LogP contribution in [0.4, 0.5) is 19.0 Å². The standard InChI is InChI=1S/C42H50F3N5O2Si/c1-25(2)53(26(3)4,27(5)6)20-16-31-33(44)15-14-28-11-9-13-32(34(28)31)37-36(45)38-35-39(50-19-8-7-12-30(50)23-51-40(35)46-37)48-41(47-38)52-24-42-17-10-18-49(42)22-29(43)21-42/h9,11,13-15,25-27,29-30H,7-8,10,12,17-19,21-24H2,1-6H3/t29-,30+,42+/m1/s1/i9D. The number of rotatable bonds is 7. The zero-order valence-electron chi connectivity index (χ0n) is 32.7. The minimum absolute atomic E-state index is 0.00265. The number of piperidine rings is 1. The van der Waals surface area contributed by atoms with E-state index in [4.69, 9.17) is 25.8 Å². The van der Waals surface area contributed by atoms with Gasteiger partial charge in [0.05, 0.1) is 18.5 Å². The molecule has 0 N–H and O–H groups in total. The number of nitrogens with zero attached hydrogens (tertiary/aromatic N) is 5. The number of hydrogen-bond acceptors (Lipinski definition) is 7. The number of aromatic nitrogens is 3. The molecule has 0 unspecified atom stereocenters. The second kappa shape index (κ2) is 13.8. The normalized spacial score (nSPS) is 23.2. The molecule has 2 aromatic heterocycles. The Balaban J connectivity index is 1.33. The molecule has 3 saturated heterocycles. The summed E-state index contributed by atoms with van der Waals surface area (Å²) in [5.41, 5.74) is 4.48. The van der Waals surface area contributed by atoms with Crippen LogP contribution < -0.4 is 14.4 Å². The molecule has 53 heavy (non-hydrogen) atoms. The molecule has 3 fully saturated rings. The summed E-state index contributed by atoms with van der Waals surface area (Å²) in [6.45, 7) is 15.7. The second-order valence-electron chi connectivity index (χ2n) is 16.6. The summed E-state index contributed by atoms with van der Waals surface area (Å²) in [7, 11) is -2.28. The van der Waals surface area contributed by atoms with Gasteiger partial charge >= 0.3 is 6.01 Å². The average molecular weight is 743 g/mol. The number of alkyl halides is 1. The first-order valence-corrected chi connectivity index (χ1v) is 21.6. The highest BCUT2D eigenvalue weighted by Gasteiger charge is 2.49. The van der Waals surface area contributed by atoms with E-state index >= 15 is 8.78 Å². The van der Waals surface area contributed by atoms with Gasteiger partial charge in [-0.25, -0.2) is 18.2 Å². The van der Waals surface area contributed by atoms with Crippen LogP contribution in [0.15, 0.2) is 30.3 Å². The lowest BCUT2D eigenvalue weighted by atomic mass is 9.95. The minimum atomic E-state index is -2.28. The molecule has 7 nitrogen and oxygen atoms in total. The zero-order valence-corrected chi connectivity index (χ0v) is 32.7. The maximum Gasteiger partial charge on any atom is 0.319 e. The molecule has 8 rings (SSSR count). The number of anilines is 1. The lowest BCUT2D eigenvalue weighted by Crippen LogP contribution is -2.44. The van der Waals surface area contributed by atoms with Gasteiger partial charge in [-0.2, -0.15) is 9.97 Å². The highest BCUT2D eigenvalue weighted by atomic mass is 28.3. The Kier molecular flexibility index (Phi) is 9.05. The number of ether oxygens (including phenoxy) is 2. The molecule has 4 aromatic rings. The van der Waals surface area contributed by atoms with Crippen LogP contribution in [0.1, 0.15) is 87.0 Å². The van der Waals surface area contributed by atoms with Gasteiger partial charge in [-0.3, -0.25) is 4.90 Å². The van der Waals surface area contributed by atoms with Crippen molar-refractivity contribution in [2.45, 2.75) is 114 Å². The van der Waals surface area contributed by atoms with E-state index in [0.29, 0.717) is 64.7 Å². The molecule has 0 spiro atoms. The van der Waals surface area contributed by atoms with Crippen LogP contribution in [0.3, 0.4) is 0 Å². The molecule has 0 saturated carbocycles. The molecular formula is C42H50F3N5O2Si. The number of hydrogen-bond donors (Lipinski definition) is 0. The third kappa shape index (κ3) is 5.95. The summed E-state index contributed by atoms with van der Waals surface area (Å²) < 4.78 is 69.7. The van der Waals surface area contributed by atoms with Crippen LogP contribution in [0.25, 0.3) is 32.9 Å². The summed E-state index contributed by atoms with van der Waals surface area (Å²) in [5, 5.41) is 1.32. The first-order chi connectivity index (χ1) is 25.8. The van der Waals surface area contributed by atoms with Gasteiger partial charge < -0.3 is 14.4 Å². The van der Waals surface area contributed by atoms with Crippen LogP contribution in [0.5, 0.6) is 11.9 Å². The van der Waals surface area contributed by atoms with Crippen molar-refractivity contribution >= 4 is 35.6 Å². The fourth-order valence-electron chi connectivity index (χ4n) is 10.1. The van der Waals surface area contributed by atoms with Crippen molar-refractivity contribution in [3.05, 3.63) is 47.5 Å². The first-order valence-electron chi connectivity index (χ1n) is 19.9. The Morgan fingerprint density at radius 3 is 2.57 bits per heavy atom.